The van der Waals surface area contributed by atoms with Gasteiger partial charge >= 0.3 is 6.18 Å². The number of nitrogens with one attached hydrogen (secondary N) is 1. The van der Waals surface area contributed by atoms with E-state index in [-0.39, 0.29) is 34.2 Å². The number of aromatic nitrogens is 2. The van der Waals surface area contributed by atoms with Gasteiger partial charge in [0.2, 0.25) is 0 Å². The Hall–Kier alpha value is -3.80. The lowest BCUT2D eigenvalue weighted by molar-refractivity contribution is -0.138. The molecule has 0 saturated heterocycles. The molecule has 0 saturated carbocycles. The van der Waals surface area contributed by atoms with Crippen molar-refractivity contribution in [2.75, 3.05) is 13.6 Å². The Kier molecular flexibility index (Phi) is 7.63. The Morgan fingerprint density at radius 3 is 2.60 bits per heavy atom. The molecular weight excluding hydrogens is 565 g/mol. The van der Waals surface area contributed by atoms with Crippen LogP contribution in [0.5, 0.6) is 5.75 Å². The van der Waals surface area contributed by atoms with Crippen LogP contribution >= 0.6 is 23.4 Å². The predicted octanol–water partition coefficient (Wildman–Crippen LogP) is 6.19. The van der Waals surface area contributed by atoms with Crippen molar-refractivity contribution in [3.05, 3.63) is 99.0 Å². The fourth-order valence-electron chi connectivity index (χ4n) is 4.39. The SMILES string of the molecule is CN(C[C@H](O)c1ccc(O)cc1)C1=NC(=O)C(=C(Cc2ccc(Cl)cc2C(F)(F)F)c2ccc3[nH]ncc3c2)S1. The van der Waals surface area contributed by atoms with Gasteiger partial charge in [-0.3, -0.25) is 9.89 Å². The molecule has 0 spiro atoms. The largest absolute Gasteiger partial charge is 0.508 e. The van der Waals surface area contributed by atoms with Gasteiger partial charge in [0.15, 0.2) is 5.17 Å². The molecule has 0 aliphatic carbocycles. The highest BCUT2D eigenvalue weighted by molar-refractivity contribution is 8.18. The number of aliphatic hydroxyl groups is 1. The average molecular weight is 587 g/mol. The zero-order valence-electron chi connectivity index (χ0n) is 20.9. The molecule has 1 aliphatic heterocycles. The lowest BCUT2D eigenvalue weighted by Gasteiger charge is -2.22. The number of aliphatic hydroxyl groups excluding tert-OH is 1. The second-order valence-electron chi connectivity index (χ2n) is 9.25. The summed E-state index contributed by atoms with van der Waals surface area (Å²) in [7, 11) is 1.66. The van der Waals surface area contributed by atoms with Crippen LogP contribution in [0.2, 0.25) is 5.02 Å². The van der Waals surface area contributed by atoms with Gasteiger partial charge in [0.1, 0.15) is 5.75 Å². The number of hydrogen-bond donors (Lipinski definition) is 3. The van der Waals surface area contributed by atoms with Crippen LogP contribution in [0.25, 0.3) is 16.5 Å². The molecule has 0 unspecified atom stereocenters. The molecule has 1 atom stereocenters. The zero-order chi connectivity index (χ0) is 28.6. The first kappa shape index (κ1) is 27.8. The molecule has 12 heteroatoms. The summed E-state index contributed by atoms with van der Waals surface area (Å²) < 4.78 is 41.8. The maximum atomic E-state index is 13.9. The average Bonchev–Trinajstić information content (AvgIpc) is 3.54. The summed E-state index contributed by atoms with van der Waals surface area (Å²) in [6.45, 7) is 0.0862. The number of aromatic amines is 1. The van der Waals surface area contributed by atoms with E-state index < -0.39 is 23.8 Å². The molecule has 3 N–H and O–H groups in total. The molecule has 2 heterocycles. The molecule has 40 heavy (non-hydrogen) atoms. The number of carbonyl (C=O) groups excluding carboxylic acids is 1. The zero-order valence-corrected chi connectivity index (χ0v) is 22.5. The summed E-state index contributed by atoms with van der Waals surface area (Å²) in [5.74, 6) is -0.522. The van der Waals surface area contributed by atoms with E-state index in [0.29, 0.717) is 21.9 Å². The third kappa shape index (κ3) is 5.86. The molecule has 1 amide bonds. The molecule has 206 valence electrons. The van der Waals surface area contributed by atoms with Crippen LogP contribution in [0.1, 0.15) is 28.4 Å². The molecule has 5 rings (SSSR count). The summed E-state index contributed by atoms with van der Waals surface area (Å²) in [6.07, 6.45) is -4.20. The molecule has 3 aromatic carbocycles. The van der Waals surface area contributed by atoms with Gasteiger partial charge < -0.3 is 15.1 Å². The van der Waals surface area contributed by atoms with E-state index >= 15 is 0 Å². The van der Waals surface area contributed by atoms with E-state index in [4.69, 9.17) is 11.6 Å². The number of phenolic OH excluding ortho intramolecular Hbond substituents is 1. The monoisotopic (exact) mass is 586 g/mol. The van der Waals surface area contributed by atoms with Crippen LogP contribution in [0.4, 0.5) is 13.2 Å². The number of amidine groups is 1. The number of fused-ring (bicyclic) bond motifs is 1. The summed E-state index contributed by atoms with van der Waals surface area (Å²) in [4.78, 5) is 19.1. The van der Waals surface area contributed by atoms with Crippen LogP contribution in [0.3, 0.4) is 0 Å². The van der Waals surface area contributed by atoms with Gasteiger partial charge in [-0.1, -0.05) is 35.9 Å². The molecule has 1 aliphatic rings. The number of H-pyrrole nitrogens is 1. The maximum Gasteiger partial charge on any atom is 0.416 e. The van der Waals surface area contributed by atoms with Crippen molar-refractivity contribution in [1.82, 2.24) is 15.1 Å². The highest BCUT2D eigenvalue weighted by Gasteiger charge is 2.35. The predicted molar refractivity (Wildman–Crippen MR) is 149 cm³/mol. The minimum atomic E-state index is -4.65. The van der Waals surface area contributed by atoms with Crippen molar-refractivity contribution in [2.45, 2.75) is 18.7 Å². The number of phenols is 1. The summed E-state index contributed by atoms with van der Waals surface area (Å²) in [5, 5.41) is 28.0. The maximum absolute atomic E-state index is 13.9. The number of benzene rings is 3. The first-order chi connectivity index (χ1) is 19.0. The Balaban J connectivity index is 1.50. The lowest BCUT2D eigenvalue weighted by Crippen LogP contribution is -2.28. The van der Waals surface area contributed by atoms with Crippen molar-refractivity contribution < 1.29 is 28.2 Å². The number of carbonyl (C=O) groups is 1. The van der Waals surface area contributed by atoms with E-state index in [9.17, 15) is 28.2 Å². The normalized spacial score (nSPS) is 15.8. The first-order valence-electron chi connectivity index (χ1n) is 12.0. The van der Waals surface area contributed by atoms with Crippen LogP contribution in [0.15, 0.2) is 76.8 Å². The molecule has 4 aromatic rings. The number of thioether (sulfide) groups is 1. The second-order valence-corrected chi connectivity index (χ2v) is 10.7. The molecule has 0 radical (unpaired) electrons. The van der Waals surface area contributed by atoms with Crippen molar-refractivity contribution in [3.63, 3.8) is 0 Å². The third-order valence-electron chi connectivity index (χ3n) is 6.44. The quantitative estimate of drug-likeness (QED) is 0.233. The van der Waals surface area contributed by atoms with E-state index in [0.717, 1.165) is 28.7 Å². The minimum absolute atomic E-state index is 0.0374. The fraction of sp³-hybridized carbons (Fsp3) is 0.179. The summed E-state index contributed by atoms with van der Waals surface area (Å²) in [5.41, 5.74) is 1.30. The van der Waals surface area contributed by atoms with Crippen molar-refractivity contribution in [1.29, 1.82) is 0 Å². The van der Waals surface area contributed by atoms with Crippen LogP contribution in [0, 0.1) is 0 Å². The molecular formula is C28H22ClF3N4O3S. The van der Waals surface area contributed by atoms with E-state index in [1.165, 1.54) is 24.3 Å². The van der Waals surface area contributed by atoms with Crippen LogP contribution < -0.4 is 0 Å². The number of alkyl halides is 3. The Morgan fingerprint density at radius 2 is 1.88 bits per heavy atom. The van der Waals surface area contributed by atoms with Gasteiger partial charge in [-0.05, 0) is 76.8 Å². The van der Waals surface area contributed by atoms with Gasteiger partial charge in [0.05, 0.1) is 28.3 Å². The highest BCUT2D eigenvalue weighted by Crippen LogP contribution is 2.40. The lowest BCUT2D eigenvalue weighted by atomic mass is 9.93. The molecule has 1 aromatic heterocycles. The standard InChI is InChI=1S/C28H22ClF3N4O3S/c1-36(14-24(38)15-3-7-20(37)8-4-15)27-34-26(39)25(40-27)21(16-5-9-23-18(10-16)13-33-35-23)11-17-2-6-19(29)12-22(17)28(30,31)32/h2-10,12-13,24,37-38H,11,14H2,1H3,(H,33,35)/t24-/m0/s1. The Morgan fingerprint density at radius 1 is 1.12 bits per heavy atom. The van der Waals surface area contributed by atoms with Gasteiger partial charge in [0, 0.05) is 24.0 Å². The third-order valence-corrected chi connectivity index (χ3v) is 7.89. The smallest absolute Gasteiger partial charge is 0.416 e. The van der Waals surface area contributed by atoms with Crippen LogP contribution in [-0.4, -0.2) is 50.0 Å². The number of rotatable bonds is 6. The summed E-state index contributed by atoms with van der Waals surface area (Å²) >= 11 is 6.93. The number of aliphatic imine (C=N–C) groups is 1. The highest BCUT2D eigenvalue weighted by atomic mass is 35.5. The van der Waals surface area contributed by atoms with Crippen molar-refractivity contribution in [3.8, 4) is 5.75 Å². The topological polar surface area (TPSA) is 102 Å². The van der Waals surface area contributed by atoms with Gasteiger partial charge in [-0.25, -0.2) is 0 Å². The molecule has 0 bridgehead atoms. The van der Waals surface area contributed by atoms with Gasteiger partial charge in [0.25, 0.3) is 5.91 Å². The van der Waals surface area contributed by atoms with E-state index in [1.54, 1.807) is 48.5 Å². The number of aromatic hydroxyl groups is 1. The number of likely N-dealkylation sites (N-methyl/N-ethyl adjacent to an activating group) is 1. The number of halogens is 4. The number of nitrogens with zero attached hydrogens (tertiary/aromatic N) is 3. The van der Waals surface area contributed by atoms with Gasteiger partial charge in [-0.15, -0.1) is 0 Å². The fourth-order valence-corrected chi connectivity index (χ4v) is 5.55. The summed E-state index contributed by atoms with van der Waals surface area (Å²) in [6, 6.07) is 14.9. The number of hydrogen-bond acceptors (Lipinski definition) is 6. The number of allylic oxidation sites excluding steroid dienone is 1. The Labute approximate surface area is 236 Å². The molecule has 7 nitrogen and oxygen atoms in total. The first-order valence-corrected chi connectivity index (χ1v) is 13.2. The second kappa shape index (κ2) is 11.0. The number of amides is 1. The Bertz CT molecular complexity index is 1650. The van der Waals surface area contributed by atoms with Gasteiger partial charge in [-0.2, -0.15) is 23.3 Å². The van der Waals surface area contributed by atoms with E-state index in [2.05, 4.69) is 15.2 Å². The van der Waals surface area contributed by atoms with Crippen molar-refractivity contribution in [2.24, 2.45) is 4.99 Å². The minimum Gasteiger partial charge on any atom is -0.508 e. The van der Waals surface area contributed by atoms with Crippen molar-refractivity contribution >= 4 is 50.9 Å². The molecule has 0 fully saturated rings. The van der Waals surface area contributed by atoms with E-state index in [1.807, 2.05) is 0 Å². The van der Waals surface area contributed by atoms with Crippen LogP contribution in [-0.2, 0) is 17.4 Å².